The smallest absolute Gasteiger partial charge is 0.138 e. The number of hydrogen-bond acceptors (Lipinski definition) is 2. The zero-order chi connectivity index (χ0) is 36.7. The molecule has 2 heteroatoms. The van der Waals surface area contributed by atoms with Gasteiger partial charge in [0.25, 0.3) is 0 Å². The van der Waals surface area contributed by atoms with Gasteiger partial charge in [-0.15, -0.1) is 0 Å². The number of rotatable bonds is 7. The van der Waals surface area contributed by atoms with E-state index in [0.29, 0.717) is 0 Å². The molecule has 0 radical (unpaired) electrons. The summed E-state index contributed by atoms with van der Waals surface area (Å²) in [7, 11) is 0. The fourth-order valence-electron chi connectivity index (χ4n) is 8.11. The number of furan rings is 1. The quantitative estimate of drug-likeness (QED) is 0.154. The predicted octanol–water partition coefficient (Wildman–Crippen LogP) is 15.2. The van der Waals surface area contributed by atoms with Crippen molar-refractivity contribution in [3.63, 3.8) is 0 Å². The third kappa shape index (κ3) is 5.85. The van der Waals surface area contributed by atoms with Crippen molar-refractivity contribution >= 4 is 49.6 Å². The van der Waals surface area contributed by atoms with Crippen molar-refractivity contribution in [3.05, 3.63) is 212 Å². The molecule has 9 aromatic carbocycles. The fourth-order valence-corrected chi connectivity index (χ4v) is 8.11. The van der Waals surface area contributed by atoms with Gasteiger partial charge in [-0.05, 0) is 87.3 Å². The lowest BCUT2D eigenvalue weighted by molar-refractivity contribution is 0.629. The Kier molecular flexibility index (Phi) is 8.08. The Morgan fingerprint density at radius 2 is 0.927 bits per heavy atom. The first-order valence-electron chi connectivity index (χ1n) is 18.8. The number of fused-ring (bicyclic) bond motifs is 4. The van der Waals surface area contributed by atoms with Gasteiger partial charge in [-0.2, -0.15) is 0 Å². The van der Waals surface area contributed by atoms with Crippen molar-refractivity contribution in [1.29, 1.82) is 0 Å². The molecule has 260 valence electrons. The van der Waals surface area contributed by atoms with Crippen molar-refractivity contribution in [3.8, 4) is 44.7 Å². The number of nitrogens with zero attached hydrogens (tertiary/aromatic N) is 1. The van der Waals surface area contributed by atoms with Gasteiger partial charge in [0, 0.05) is 33.2 Å². The number of anilines is 3. The van der Waals surface area contributed by atoms with E-state index in [1.807, 2.05) is 12.1 Å². The lowest BCUT2D eigenvalue weighted by atomic mass is 9.96. The minimum Gasteiger partial charge on any atom is -0.456 e. The van der Waals surface area contributed by atoms with Crippen LogP contribution in [0.5, 0.6) is 0 Å². The number of para-hydroxylation sites is 2. The van der Waals surface area contributed by atoms with Crippen LogP contribution in [-0.2, 0) is 0 Å². The molecule has 0 aliphatic rings. The van der Waals surface area contributed by atoms with Crippen LogP contribution in [0, 0.1) is 6.92 Å². The van der Waals surface area contributed by atoms with Crippen molar-refractivity contribution < 1.29 is 4.42 Å². The minimum absolute atomic E-state index is 0.915. The second kappa shape index (κ2) is 13.7. The molecule has 0 unspecified atom stereocenters. The molecule has 2 nitrogen and oxygen atoms in total. The van der Waals surface area contributed by atoms with Gasteiger partial charge in [-0.1, -0.05) is 170 Å². The second-order valence-electron chi connectivity index (χ2n) is 14.1. The summed E-state index contributed by atoms with van der Waals surface area (Å²) < 4.78 is 6.36. The van der Waals surface area contributed by atoms with E-state index in [4.69, 9.17) is 4.42 Å². The van der Waals surface area contributed by atoms with Crippen LogP contribution in [0.4, 0.5) is 17.1 Å². The third-order valence-electron chi connectivity index (χ3n) is 10.9. The van der Waals surface area contributed by atoms with E-state index in [1.54, 1.807) is 0 Å². The summed E-state index contributed by atoms with van der Waals surface area (Å²) in [5.41, 5.74) is 13.5. The molecule has 0 saturated carbocycles. The number of hydrogen-bond donors (Lipinski definition) is 0. The highest BCUT2D eigenvalue weighted by Crippen LogP contribution is 2.46. The monoisotopic (exact) mass is 703 g/mol. The summed E-state index contributed by atoms with van der Waals surface area (Å²) >= 11 is 0. The molecule has 0 aliphatic carbocycles. The maximum Gasteiger partial charge on any atom is 0.138 e. The highest BCUT2D eigenvalue weighted by Gasteiger charge is 2.21. The maximum atomic E-state index is 6.36. The lowest BCUT2D eigenvalue weighted by Crippen LogP contribution is -2.12. The molecule has 10 aromatic rings. The highest BCUT2D eigenvalue weighted by molar-refractivity contribution is 6.15. The van der Waals surface area contributed by atoms with E-state index in [1.165, 1.54) is 38.2 Å². The Labute approximate surface area is 321 Å². The zero-order valence-corrected chi connectivity index (χ0v) is 30.5. The topological polar surface area (TPSA) is 16.4 Å². The molecule has 1 aromatic heterocycles. The van der Waals surface area contributed by atoms with E-state index in [9.17, 15) is 0 Å². The Balaban J connectivity index is 1.11. The Hall–Kier alpha value is -7.16. The van der Waals surface area contributed by atoms with Crippen LogP contribution in [0.1, 0.15) is 5.56 Å². The van der Waals surface area contributed by atoms with E-state index < -0.39 is 0 Å². The SMILES string of the molecule is Cc1c(-c2cccc(-c3ccc(N(c4ccccc4-c4ccc(-c5ccccc5)cc4)c4cc5ccccc5c5ccccc45)cc3)c2)oc2ccccc12. The normalized spacial score (nSPS) is 11.4. The van der Waals surface area contributed by atoms with Gasteiger partial charge in [0.2, 0.25) is 0 Å². The summed E-state index contributed by atoms with van der Waals surface area (Å²) in [5, 5.41) is 6.05. The van der Waals surface area contributed by atoms with Crippen LogP contribution in [0.15, 0.2) is 211 Å². The van der Waals surface area contributed by atoms with Gasteiger partial charge in [0.15, 0.2) is 0 Å². The molecule has 0 bridgehead atoms. The molecule has 1 heterocycles. The molecule has 10 rings (SSSR count). The maximum absolute atomic E-state index is 6.36. The van der Waals surface area contributed by atoms with Gasteiger partial charge in [-0.3, -0.25) is 0 Å². The average Bonchev–Trinajstić information content (AvgIpc) is 3.60. The lowest BCUT2D eigenvalue weighted by Gasteiger charge is -2.30. The molecule has 0 fully saturated rings. The van der Waals surface area contributed by atoms with Crippen molar-refractivity contribution in [1.82, 2.24) is 0 Å². The first kappa shape index (κ1) is 32.5. The van der Waals surface area contributed by atoms with Crippen molar-refractivity contribution in [2.75, 3.05) is 4.90 Å². The first-order valence-corrected chi connectivity index (χ1v) is 18.8. The van der Waals surface area contributed by atoms with Gasteiger partial charge >= 0.3 is 0 Å². The molecular formula is C53H37NO. The predicted molar refractivity (Wildman–Crippen MR) is 232 cm³/mol. The van der Waals surface area contributed by atoms with E-state index in [0.717, 1.165) is 61.6 Å². The highest BCUT2D eigenvalue weighted by atomic mass is 16.3. The molecule has 0 aliphatic heterocycles. The summed E-state index contributed by atoms with van der Waals surface area (Å²) in [6, 6.07) is 74.1. The standard InChI is InChI=1S/C53H37NO/c1-36-45-19-10-12-25-52(45)55-53(36)43-18-13-17-41(34-43)39-30-32-44(33-31-39)54(51-35-42-16-5-6-20-46(42)48-22-7-8-23-49(48)51)50-24-11-9-21-47(50)40-28-26-38(27-29-40)37-14-3-2-4-15-37/h2-35H,1H3. The van der Waals surface area contributed by atoms with Crippen LogP contribution in [0.3, 0.4) is 0 Å². The third-order valence-corrected chi connectivity index (χ3v) is 10.9. The molecule has 0 amide bonds. The summed E-state index contributed by atoms with van der Waals surface area (Å²) in [5.74, 6) is 0.919. The van der Waals surface area contributed by atoms with Crippen LogP contribution in [-0.4, -0.2) is 0 Å². The Morgan fingerprint density at radius 3 is 1.73 bits per heavy atom. The van der Waals surface area contributed by atoms with E-state index >= 15 is 0 Å². The summed E-state index contributed by atoms with van der Waals surface area (Å²) in [4.78, 5) is 2.44. The number of benzene rings is 9. The van der Waals surface area contributed by atoms with Crippen LogP contribution >= 0.6 is 0 Å². The average molecular weight is 704 g/mol. The van der Waals surface area contributed by atoms with Crippen molar-refractivity contribution in [2.45, 2.75) is 6.92 Å². The summed E-state index contributed by atoms with van der Waals surface area (Å²) in [6.45, 7) is 2.14. The fraction of sp³-hybridized carbons (Fsp3) is 0.0189. The first-order chi connectivity index (χ1) is 27.2. The minimum atomic E-state index is 0.915. The van der Waals surface area contributed by atoms with Gasteiger partial charge in [0.1, 0.15) is 11.3 Å². The summed E-state index contributed by atoms with van der Waals surface area (Å²) in [6.07, 6.45) is 0. The van der Waals surface area contributed by atoms with Gasteiger partial charge in [-0.25, -0.2) is 0 Å². The Bertz CT molecular complexity index is 2970. The second-order valence-corrected chi connectivity index (χ2v) is 14.1. The van der Waals surface area contributed by atoms with Crippen LogP contribution in [0.2, 0.25) is 0 Å². The van der Waals surface area contributed by atoms with Crippen LogP contribution in [0.25, 0.3) is 77.2 Å². The van der Waals surface area contributed by atoms with Crippen LogP contribution < -0.4 is 4.90 Å². The zero-order valence-electron chi connectivity index (χ0n) is 30.5. The largest absolute Gasteiger partial charge is 0.456 e. The molecule has 0 saturated heterocycles. The number of aryl methyl sites for hydroxylation is 1. The molecular weight excluding hydrogens is 667 g/mol. The van der Waals surface area contributed by atoms with Gasteiger partial charge in [0.05, 0.1) is 11.4 Å². The Morgan fingerprint density at radius 1 is 0.364 bits per heavy atom. The molecule has 0 atom stereocenters. The molecule has 55 heavy (non-hydrogen) atoms. The van der Waals surface area contributed by atoms with Gasteiger partial charge < -0.3 is 9.32 Å². The van der Waals surface area contributed by atoms with E-state index in [-0.39, 0.29) is 0 Å². The molecule has 0 N–H and O–H groups in total. The van der Waals surface area contributed by atoms with Crippen molar-refractivity contribution in [2.24, 2.45) is 0 Å². The molecule has 0 spiro atoms. The van der Waals surface area contributed by atoms with E-state index in [2.05, 4.69) is 206 Å².